The van der Waals surface area contributed by atoms with Gasteiger partial charge in [0.2, 0.25) is 0 Å². The third kappa shape index (κ3) is 13.5. The lowest BCUT2D eigenvalue weighted by atomic mass is 9.99. The van der Waals surface area contributed by atoms with E-state index in [1.807, 2.05) is 0 Å². The maximum Gasteiger partial charge on any atom is 0.303 e. The summed E-state index contributed by atoms with van der Waals surface area (Å²) in [6.07, 6.45) is -10.6. The maximum absolute atomic E-state index is 12.1. The van der Waals surface area contributed by atoms with Gasteiger partial charge in [-0.05, 0) is 19.3 Å². The highest BCUT2D eigenvalue weighted by Crippen LogP contribution is 2.35. The molecule has 0 aliphatic carbocycles. The van der Waals surface area contributed by atoms with Gasteiger partial charge >= 0.3 is 23.9 Å². The predicted molar refractivity (Wildman–Crippen MR) is 131 cm³/mol. The summed E-state index contributed by atoms with van der Waals surface area (Å²) in [6.45, 7) is 3.47. The van der Waals surface area contributed by atoms with Gasteiger partial charge < -0.3 is 28.2 Å². The molecular weight excluding hydrogens is 575 g/mol. The van der Waals surface area contributed by atoms with Crippen LogP contribution in [0.25, 0.3) is 0 Å². The molecule has 1 aliphatic heterocycles. The molecule has 0 spiro atoms. The zero-order chi connectivity index (χ0) is 33.3. The van der Waals surface area contributed by atoms with Crippen LogP contribution in [0.2, 0.25) is 0 Å². The molecule has 1 saturated heterocycles. The lowest BCUT2D eigenvalue weighted by Gasteiger charge is -2.44. The number of oxime groups is 1. The van der Waals surface area contributed by atoms with Crippen molar-refractivity contribution >= 4 is 61.9 Å². The Morgan fingerprint density at radius 2 is 1.58 bits per heavy atom. The molecule has 0 saturated carbocycles. The number of ether oxygens (including phenoxy) is 5. The third-order valence-electron chi connectivity index (χ3n) is 4.23. The first-order valence-electron chi connectivity index (χ1n) is 13.1. The SMILES string of the molecule is [2H]C([2H])([2H])S(=O)C([2H])([2H])[13CH2]CC/C(=N/OS(=O)(=O)[O-])S[C@@H]1O[C@H](COC(C)=O)[C@@H](OC(C)=O)[C@H](OC(C)=O)[C@H]1OC(C)=O. The van der Waals surface area contributed by atoms with Crippen LogP contribution in [0.1, 0.15) is 53.8 Å². The Labute approximate surface area is 233 Å². The minimum atomic E-state index is -5.42. The first kappa shape index (κ1) is 26.0. The second kappa shape index (κ2) is 16.0. The number of carbonyl (C=O) groups is 4. The lowest BCUT2D eigenvalue weighted by Crippen LogP contribution is -2.61. The number of esters is 4. The molecule has 218 valence electrons. The number of carbonyl (C=O) groups excluding carboxylic acids is 4. The molecule has 0 aromatic carbocycles. The molecule has 1 fully saturated rings. The third-order valence-corrected chi connectivity index (χ3v) is 6.12. The highest BCUT2D eigenvalue weighted by molar-refractivity contribution is 8.14. The average molecular weight is 611 g/mol. The van der Waals surface area contributed by atoms with Crippen LogP contribution < -0.4 is 0 Å². The van der Waals surface area contributed by atoms with E-state index in [0.717, 1.165) is 27.7 Å². The van der Waals surface area contributed by atoms with Gasteiger partial charge in [0.15, 0.2) is 18.3 Å². The van der Waals surface area contributed by atoms with Crippen LogP contribution >= 0.6 is 11.8 Å². The summed E-state index contributed by atoms with van der Waals surface area (Å²) in [7, 11) is -8.35. The number of hydrogen-bond acceptors (Lipinski definition) is 16. The van der Waals surface area contributed by atoms with Crippen molar-refractivity contribution in [2.45, 2.75) is 76.8 Å². The van der Waals surface area contributed by atoms with Crippen molar-refractivity contribution < 1.29 is 71.2 Å². The van der Waals surface area contributed by atoms with Crippen LogP contribution in [-0.2, 0) is 68.3 Å². The van der Waals surface area contributed by atoms with Crippen molar-refractivity contribution in [2.75, 3.05) is 18.5 Å². The molecule has 1 heterocycles. The van der Waals surface area contributed by atoms with Gasteiger partial charge in [0.05, 0.1) is 0 Å². The first-order valence-corrected chi connectivity index (χ1v) is 14.0. The fourth-order valence-electron chi connectivity index (χ4n) is 3.04. The quantitative estimate of drug-likeness (QED) is 0.0397. The van der Waals surface area contributed by atoms with Crippen molar-refractivity contribution in [3.05, 3.63) is 0 Å². The Morgan fingerprint density at radius 3 is 2.11 bits per heavy atom. The second-order valence-electron chi connectivity index (χ2n) is 7.42. The molecule has 0 bridgehead atoms. The van der Waals surface area contributed by atoms with Crippen LogP contribution in [0, 0.1) is 0 Å². The van der Waals surface area contributed by atoms with Gasteiger partial charge in [-0.1, -0.05) is 16.9 Å². The Hall–Kier alpha value is -2.28. The first-order chi connectivity index (χ1) is 19.5. The molecule has 0 aromatic heterocycles. The summed E-state index contributed by atoms with van der Waals surface area (Å²) in [5.41, 5.74) is -4.23. The fraction of sp³-hybridized carbons (Fsp3) is 0.750. The van der Waals surface area contributed by atoms with Gasteiger partial charge in [-0.3, -0.25) is 27.7 Å². The van der Waals surface area contributed by atoms with Crippen LogP contribution in [0.15, 0.2) is 5.16 Å². The van der Waals surface area contributed by atoms with Crippen LogP contribution in [0.4, 0.5) is 0 Å². The van der Waals surface area contributed by atoms with E-state index in [9.17, 15) is 36.4 Å². The number of rotatable bonds is 13. The fourth-order valence-corrected chi connectivity index (χ4v) is 4.75. The molecule has 6 atom stereocenters. The Bertz CT molecular complexity index is 1200. The molecule has 0 N–H and O–H groups in total. The predicted octanol–water partition coefficient (Wildman–Crippen LogP) is 0.142. The van der Waals surface area contributed by atoms with E-state index >= 15 is 0 Å². The summed E-state index contributed by atoms with van der Waals surface area (Å²) in [5, 5.41) is 2.83. The van der Waals surface area contributed by atoms with E-state index < -0.39 is 111 Å². The summed E-state index contributed by atoms with van der Waals surface area (Å²) in [5.74, 6) is -3.52. The van der Waals surface area contributed by atoms with Crippen molar-refractivity contribution in [1.29, 1.82) is 0 Å². The van der Waals surface area contributed by atoms with E-state index in [-0.39, 0.29) is 6.42 Å². The van der Waals surface area contributed by atoms with Crippen molar-refractivity contribution in [1.82, 2.24) is 0 Å². The maximum atomic E-state index is 12.1. The molecule has 1 aliphatic rings. The molecule has 0 amide bonds. The smallest absolute Gasteiger partial charge is 0.303 e. The number of nitrogens with zero attached hydrogens (tertiary/aromatic N) is 1. The second-order valence-corrected chi connectivity index (χ2v) is 10.4. The minimum Gasteiger partial charge on any atom is -0.714 e. The zero-order valence-corrected chi connectivity index (χ0v) is 23.1. The van der Waals surface area contributed by atoms with Gasteiger partial charge in [-0.2, -0.15) is 8.42 Å². The highest BCUT2D eigenvalue weighted by atomic mass is 32.3. The van der Waals surface area contributed by atoms with E-state index in [1.165, 1.54) is 0 Å². The summed E-state index contributed by atoms with van der Waals surface area (Å²) >= 11 is 0.451. The van der Waals surface area contributed by atoms with Gasteiger partial charge in [-0.25, -0.2) is 0 Å². The highest BCUT2D eigenvalue weighted by Gasteiger charge is 2.52. The van der Waals surface area contributed by atoms with E-state index in [2.05, 4.69) is 9.44 Å². The van der Waals surface area contributed by atoms with Crippen molar-refractivity contribution in [2.24, 2.45) is 5.16 Å². The lowest BCUT2D eigenvalue weighted by molar-refractivity contribution is -0.237. The molecule has 38 heavy (non-hydrogen) atoms. The van der Waals surface area contributed by atoms with Crippen LogP contribution in [-0.4, -0.2) is 94.4 Å². The normalized spacial score (nSPS) is 27.2. The monoisotopic (exact) mass is 610 g/mol. The Balaban J connectivity index is 3.49. The van der Waals surface area contributed by atoms with Crippen molar-refractivity contribution in [3.63, 3.8) is 0 Å². The van der Waals surface area contributed by atoms with E-state index in [1.54, 1.807) is 0 Å². The molecule has 0 aromatic rings. The Kier molecular flexibility index (Phi) is 10.9. The van der Waals surface area contributed by atoms with Crippen LogP contribution in [0.3, 0.4) is 0 Å². The summed E-state index contributed by atoms with van der Waals surface area (Å²) in [6, 6.07) is 0. The average Bonchev–Trinajstić information content (AvgIpc) is 2.82. The van der Waals surface area contributed by atoms with E-state index in [0.29, 0.717) is 11.8 Å². The largest absolute Gasteiger partial charge is 0.714 e. The van der Waals surface area contributed by atoms with Gasteiger partial charge in [0.25, 0.3) is 10.4 Å². The topological polar surface area (TPSA) is 210 Å². The summed E-state index contributed by atoms with van der Waals surface area (Å²) in [4.78, 5) is 47.3. The zero-order valence-electron chi connectivity index (χ0n) is 25.6. The van der Waals surface area contributed by atoms with E-state index in [4.69, 9.17) is 30.5 Å². The molecular formula is C20H30NO14S3-. The molecule has 1 rings (SSSR count). The van der Waals surface area contributed by atoms with Crippen LogP contribution in [0.5, 0.6) is 0 Å². The van der Waals surface area contributed by atoms with Gasteiger partial charge in [0, 0.05) is 57.2 Å². The minimum absolute atomic E-state index is 0.325. The van der Waals surface area contributed by atoms with Gasteiger partial charge in [0.1, 0.15) is 23.2 Å². The molecule has 0 radical (unpaired) electrons. The Morgan fingerprint density at radius 1 is 1.00 bits per heavy atom. The number of hydrogen-bond donors (Lipinski definition) is 0. The molecule has 1 unspecified atom stereocenters. The molecule has 18 heteroatoms. The molecule has 15 nitrogen and oxygen atoms in total. The number of thioether (sulfide) groups is 1. The van der Waals surface area contributed by atoms with Crippen molar-refractivity contribution in [3.8, 4) is 0 Å². The standard InChI is InChI=1S/C20H31NO14S3/c1-11(22)30-10-15-17(31-12(2)23)18(32-13(3)24)19(33-14(4)25)20(34-15)36-16(21-35-38(27,28)29)8-6-7-9-37(5)26/h15,17-20H,6-10H2,1-5H3,(H,27,28,29)/p-1/b21-16-/t15-,17-,18+,19-,20+,37?/m1/s1/i5D3,7+1,9D2. The summed E-state index contributed by atoms with van der Waals surface area (Å²) < 4.78 is 113. The van der Waals surface area contributed by atoms with Gasteiger partial charge in [-0.15, -0.1) is 0 Å².